The molecule has 2 N–H and O–H groups in total. The van der Waals surface area contributed by atoms with Gasteiger partial charge in [0.15, 0.2) is 0 Å². The molecular formula is C15H25NO. The minimum atomic E-state index is 0.00385. The molecule has 1 rings (SSSR count). The van der Waals surface area contributed by atoms with Gasteiger partial charge in [-0.3, -0.25) is 0 Å². The van der Waals surface area contributed by atoms with E-state index in [1.807, 2.05) is 6.92 Å². The summed E-state index contributed by atoms with van der Waals surface area (Å²) >= 11 is 0. The maximum atomic E-state index is 6.02. The van der Waals surface area contributed by atoms with E-state index in [1.54, 1.807) is 0 Å². The molecule has 0 bridgehead atoms. The van der Waals surface area contributed by atoms with Crippen molar-refractivity contribution in [1.29, 1.82) is 0 Å². The lowest BCUT2D eigenvalue weighted by molar-refractivity contribution is 0.312. The molecule has 0 aliphatic rings. The zero-order valence-corrected chi connectivity index (χ0v) is 11.7. The van der Waals surface area contributed by atoms with Crippen LogP contribution in [0.3, 0.4) is 0 Å². The molecule has 1 atom stereocenters. The van der Waals surface area contributed by atoms with Crippen LogP contribution in [0.4, 0.5) is 0 Å². The van der Waals surface area contributed by atoms with Gasteiger partial charge in [0.1, 0.15) is 5.75 Å². The first-order valence-electron chi connectivity index (χ1n) is 6.39. The molecule has 96 valence electrons. The van der Waals surface area contributed by atoms with Crippen LogP contribution >= 0.6 is 0 Å². The lowest BCUT2D eigenvalue weighted by atomic mass is 9.85. The van der Waals surface area contributed by atoms with Gasteiger partial charge in [-0.2, -0.15) is 0 Å². The van der Waals surface area contributed by atoms with Crippen molar-refractivity contribution in [3.8, 4) is 5.75 Å². The van der Waals surface area contributed by atoms with Crippen LogP contribution in [-0.2, 0) is 5.41 Å². The Kier molecular flexibility index (Phi) is 4.58. The van der Waals surface area contributed by atoms with E-state index in [4.69, 9.17) is 10.5 Å². The summed E-state index contributed by atoms with van der Waals surface area (Å²) in [7, 11) is 0. The number of ether oxygens (including phenoxy) is 1. The standard InChI is InChI=1S/C15H25NO/c1-6-9-17-14-8-7-12(15(3,4)5)10-13(14)11(2)16/h7-8,10-11H,6,9,16H2,1-5H3. The smallest absolute Gasteiger partial charge is 0.124 e. The first-order valence-corrected chi connectivity index (χ1v) is 6.39. The number of nitrogens with two attached hydrogens (primary N) is 1. The molecule has 0 aliphatic carbocycles. The summed E-state index contributed by atoms with van der Waals surface area (Å²) < 4.78 is 5.74. The van der Waals surface area contributed by atoms with Crippen molar-refractivity contribution in [3.63, 3.8) is 0 Å². The third-order valence-corrected chi connectivity index (χ3v) is 2.83. The molecule has 0 saturated carbocycles. The third kappa shape index (κ3) is 3.74. The van der Waals surface area contributed by atoms with Crippen molar-refractivity contribution >= 4 is 0 Å². The van der Waals surface area contributed by atoms with Crippen LogP contribution in [0.2, 0.25) is 0 Å². The monoisotopic (exact) mass is 235 g/mol. The predicted molar refractivity (Wildman–Crippen MR) is 73.5 cm³/mol. The average molecular weight is 235 g/mol. The van der Waals surface area contributed by atoms with Crippen molar-refractivity contribution in [2.45, 2.75) is 52.5 Å². The largest absolute Gasteiger partial charge is 0.493 e. The Hall–Kier alpha value is -1.02. The predicted octanol–water partition coefficient (Wildman–Crippen LogP) is 3.79. The molecule has 0 aromatic heterocycles. The van der Waals surface area contributed by atoms with Crippen molar-refractivity contribution < 1.29 is 4.74 Å². The molecule has 2 heteroatoms. The van der Waals surface area contributed by atoms with Crippen LogP contribution in [0.25, 0.3) is 0 Å². The molecule has 0 amide bonds. The molecule has 17 heavy (non-hydrogen) atoms. The minimum Gasteiger partial charge on any atom is -0.493 e. The first-order chi connectivity index (χ1) is 7.86. The highest BCUT2D eigenvalue weighted by atomic mass is 16.5. The molecule has 0 radical (unpaired) electrons. The first kappa shape index (κ1) is 14.0. The van der Waals surface area contributed by atoms with E-state index in [-0.39, 0.29) is 11.5 Å². The van der Waals surface area contributed by atoms with Crippen LogP contribution in [-0.4, -0.2) is 6.61 Å². The summed E-state index contributed by atoms with van der Waals surface area (Å²) in [4.78, 5) is 0. The average Bonchev–Trinajstić information content (AvgIpc) is 2.24. The lowest BCUT2D eigenvalue weighted by Crippen LogP contribution is -2.14. The third-order valence-electron chi connectivity index (χ3n) is 2.83. The summed E-state index contributed by atoms with van der Waals surface area (Å²) in [5.74, 6) is 0.926. The summed E-state index contributed by atoms with van der Waals surface area (Å²) in [5, 5.41) is 0. The van der Waals surface area contributed by atoms with Crippen molar-refractivity contribution in [1.82, 2.24) is 0 Å². The highest BCUT2D eigenvalue weighted by Gasteiger charge is 2.17. The summed E-state index contributed by atoms with van der Waals surface area (Å²) in [5.41, 5.74) is 8.57. The highest BCUT2D eigenvalue weighted by molar-refractivity contribution is 5.41. The van der Waals surface area contributed by atoms with E-state index in [9.17, 15) is 0 Å². The van der Waals surface area contributed by atoms with Gasteiger partial charge in [0, 0.05) is 11.6 Å². The fraction of sp³-hybridized carbons (Fsp3) is 0.600. The summed E-state index contributed by atoms with van der Waals surface area (Å²) in [6.07, 6.45) is 1.01. The molecular weight excluding hydrogens is 210 g/mol. The van der Waals surface area contributed by atoms with E-state index in [1.165, 1.54) is 5.56 Å². The van der Waals surface area contributed by atoms with Gasteiger partial charge in [-0.15, -0.1) is 0 Å². The van der Waals surface area contributed by atoms with Crippen LogP contribution in [0.15, 0.2) is 18.2 Å². The van der Waals surface area contributed by atoms with Crippen LogP contribution < -0.4 is 10.5 Å². The van der Waals surface area contributed by atoms with Gasteiger partial charge >= 0.3 is 0 Å². The van der Waals surface area contributed by atoms with Crippen LogP contribution in [0, 0.1) is 0 Å². The topological polar surface area (TPSA) is 35.2 Å². The van der Waals surface area contributed by atoms with Gasteiger partial charge in [0.25, 0.3) is 0 Å². The number of hydrogen-bond acceptors (Lipinski definition) is 2. The molecule has 0 fully saturated rings. The van der Waals surface area contributed by atoms with E-state index in [0.717, 1.165) is 24.3 Å². The molecule has 0 saturated heterocycles. The quantitative estimate of drug-likeness (QED) is 0.861. The van der Waals surface area contributed by atoms with Gasteiger partial charge in [-0.05, 0) is 30.4 Å². The second-order valence-corrected chi connectivity index (χ2v) is 5.64. The lowest BCUT2D eigenvalue weighted by Gasteiger charge is -2.22. The van der Waals surface area contributed by atoms with Gasteiger partial charge in [0.05, 0.1) is 6.61 Å². The fourth-order valence-corrected chi connectivity index (χ4v) is 1.71. The van der Waals surface area contributed by atoms with Crippen molar-refractivity contribution in [3.05, 3.63) is 29.3 Å². The molecule has 1 aromatic carbocycles. The van der Waals surface area contributed by atoms with E-state index in [2.05, 4.69) is 45.9 Å². The maximum Gasteiger partial charge on any atom is 0.124 e. The van der Waals surface area contributed by atoms with Gasteiger partial charge in [-0.1, -0.05) is 39.8 Å². The van der Waals surface area contributed by atoms with Crippen molar-refractivity contribution in [2.75, 3.05) is 6.61 Å². The number of rotatable bonds is 4. The summed E-state index contributed by atoms with van der Waals surface area (Å²) in [6.45, 7) is 11.5. The fourth-order valence-electron chi connectivity index (χ4n) is 1.71. The zero-order valence-electron chi connectivity index (χ0n) is 11.7. The van der Waals surface area contributed by atoms with Crippen LogP contribution in [0.1, 0.15) is 58.2 Å². The Balaban J connectivity index is 3.08. The Morgan fingerprint density at radius 2 is 1.94 bits per heavy atom. The second-order valence-electron chi connectivity index (χ2n) is 5.64. The summed E-state index contributed by atoms with van der Waals surface area (Å²) in [6, 6.07) is 6.37. The number of benzene rings is 1. The van der Waals surface area contributed by atoms with Gasteiger partial charge in [0.2, 0.25) is 0 Å². The zero-order chi connectivity index (χ0) is 13.1. The van der Waals surface area contributed by atoms with E-state index >= 15 is 0 Å². The molecule has 0 aliphatic heterocycles. The number of hydrogen-bond donors (Lipinski definition) is 1. The van der Waals surface area contributed by atoms with E-state index < -0.39 is 0 Å². The van der Waals surface area contributed by atoms with E-state index in [0.29, 0.717) is 0 Å². The Bertz CT molecular complexity index is 364. The Morgan fingerprint density at radius 3 is 2.41 bits per heavy atom. The van der Waals surface area contributed by atoms with Gasteiger partial charge in [-0.25, -0.2) is 0 Å². The SMILES string of the molecule is CCCOc1ccc(C(C)(C)C)cc1C(C)N. The Morgan fingerprint density at radius 1 is 1.29 bits per heavy atom. The molecule has 2 nitrogen and oxygen atoms in total. The molecule has 1 unspecified atom stereocenters. The molecule has 1 aromatic rings. The van der Waals surface area contributed by atoms with Crippen LogP contribution in [0.5, 0.6) is 5.75 Å². The Labute approximate surface area is 105 Å². The second kappa shape index (κ2) is 5.54. The molecule has 0 spiro atoms. The van der Waals surface area contributed by atoms with Gasteiger partial charge < -0.3 is 10.5 Å². The highest BCUT2D eigenvalue weighted by Crippen LogP contribution is 2.30. The van der Waals surface area contributed by atoms with Crippen molar-refractivity contribution in [2.24, 2.45) is 5.73 Å². The normalized spacial score (nSPS) is 13.5. The molecule has 0 heterocycles. The maximum absolute atomic E-state index is 6.02. The minimum absolute atomic E-state index is 0.00385.